The summed E-state index contributed by atoms with van der Waals surface area (Å²) in [7, 11) is 0. The Morgan fingerprint density at radius 1 is 0.860 bits per heavy atom. The summed E-state index contributed by atoms with van der Waals surface area (Å²) in [5.41, 5.74) is 3.27. The molecule has 1 fully saturated rings. The summed E-state index contributed by atoms with van der Waals surface area (Å²) >= 11 is 0. The molecule has 0 saturated carbocycles. The van der Waals surface area contributed by atoms with Crippen LogP contribution in [0.2, 0.25) is 0 Å². The lowest BCUT2D eigenvalue weighted by atomic mass is 10.0. The van der Waals surface area contributed by atoms with Gasteiger partial charge in [0, 0.05) is 35.4 Å². The molecule has 0 spiro atoms. The summed E-state index contributed by atoms with van der Waals surface area (Å²) in [5.74, 6) is -0.501. The second kappa shape index (κ2) is 18.0. The van der Waals surface area contributed by atoms with Crippen LogP contribution < -0.4 is 16.0 Å². The van der Waals surface area contributed by atoms with Gasteiger partial charge in [-0.1, -0.05) is 67.6 Å². The van der Waals surface area contributed by atoms with Crippen molar-refractivity contribution in [2.24, 2.45) is 0 Å². The van der Waals surface area contributed by atoms with E-state index in [4.69, 9.17) is 9.15 Å². The molecule has 0 bridgehead atoms. The molecule has 1 aliphatic heterocycles. The maximum absolute atomic E-state index is 14.0. The van der Waals surface area contributed by atoms with Crippen molar-refractivity contribution in [3.8, 4) is 11.3 Å². The number of anilines is 2. The number of nitrogens with zero attached hydrogens (tertiary/aromatic N) is 2. The Morgan fingerprint density at radius 3 is 2.23 bits per heavy atom. The lowest BCUT2D eigenvalue weighted by molar-refractivity contribution is -0.138. The third kappa shape index (κ3) is 10.7. The predicted molar refractivity (Wildman–Crippen MR) is 219 cm³/mol. The fourth-order valence-corrected chi connectivity index (χ4v) is 6.85. The van der Waals surface area contributed by atoms with Crippen molar-refractivity contribution in [1.82, 2.24) is 15.1 Å². The van der Waals surface area contributed by atoms with E-state index in [2.05, 4.69) is 16.0 Å². The van der Waals surface area contributed by atoms with E-state index in [1.807, 2.05) is 67.6 Å². The van der Waals surface area contributed by atoms with Crippen LogP contribution in [0.1, 0.15) is 64.1 Å². The van der Waals surface area contributed by atoms with Gasteiger partial charge in [0.2, 0.25) is 17.7 Å². The first-order valence-corrected chi connectivity index (χ1v) is 19.3. The molecule has 12 nitrogen and oxygen atoms in total. The summed E-state index contributed by atoms with van der Waals surface area (Å²) in [4.78, 5) is 69.4. The highest BCUT2D eigenvalue weighted by molar-refractivity contribution is 6.00. The maximum atomic E-state index is 14.0. The Morgan fingerprint density at radius 2 is 1.54 bits per heavy atom. The van der Waals surface area contributed by atoms with E-state index in [0.29, 0.717) is 54.2 Å². The molecule has 57 heavy (non-hydrogen) atoms. The van der Waals surface area contributed by atoms with E-state index < -0.39 is 29.7 Å². The number of fused-ring (bicyclic) bond motifs is 1. The third-order valence-electron chi connectivity index (χ3n) is 9.50. The van der Waals surface area contributed by atoms with Crippen molar-refractivity contribution in [2.75, 3.05) is 30.3 Å². The number of amides is 5. The highest BCUT2D eigenvalue weighted by Crippen LogP contribution is 2.31. The SMILES string of the molecule is CCCN(CC(=O)Nc1ccc(-c2cc3cc(NC(=O)[C@@H]4CCCN4C(=O)[C@H](NC(=O)OC(C)(C)C)c4ccccc4)ccc3o2)cc1)C(=O)Cc1ccccc1. The summed E-state index contributed by atoms with van der Waals surface area (Å²) < 4.78 is 11.6. The van der Waals surface area contributed by atoms with Gasteiger partial charge in [-0.15, -0.1) is 0 Å². The van der Waals surface area contributed by atoms with Gasteiger partial charge in [-0.25, -0.2) is 4.79 Å². The van der Waals surface area contributed by atoms with Crippen LogP contribution in [-0.2, 0) is 30.3 Å². The number of furan rings is 1. The average molecular weight is 772 g/mol. The van der Waals surface area contributed by atoms with Crippen LogP contribution in [0, 0.1) is 0 Å². The molecule has 0 radical (unpaired) electrons. The van der Waals surface area contributed by atoms with E-state index in [1.54, 1.807) is 74.2 Å². The quantitative estimate of drug-likeness (QED) is 0.111. The van der Waals surface area contributed by atoms with Gasteiger partial charge in [0.15, 0.2) is 0 Å². The van der Waals surface area contributed by atoms with E-state index in [0.717, 1.165) is 22.9 Å². The molecule has 5 amide bonds. The van der Waals surface area contributed by atoms with Crippen molar-refractivity contribution in [3.05, 3.63) is 120 Å². The fraction of sp³-hybridized carbons (Fsp3) is 0.311. The smallest absolute Gasteiger partial charge is 0.408 e. The predicted octanol–water partition coefficient (Wildman–Crippen LogP) is 7.72. The topological polar surface area (TPSA) is 150 Å². The molecule has 0 unspecified atom stereocenters. The van der Waals surface area contributed by atoms with Gasteiger partial charge < -0.3 is 34.9 Å². The lowest BCUT2D eigenvalue weighted by Gasteiger charge is -2.29. The second-order valence-corrected chi connectivity index (χ2v) is 15.1. The van der Waals surface area contributed by atoms with Crippen molar-refractivity contribution in [3.63, 3.8) is 0 Å². The van der Waals surface area contributed by atoms with Crippen molar-refractivity contribution < 1.29 is 33.1 Å². The van der Waals surface area contributed by atoms with Gasteiger partial charge in [0.1, 0.15) is 29.0 Å². The zero-order valence-electron chi connectivity index (χ0n) is 32.7. The van der Waals surface area contributed by atoms with Gasteiger partial charge in [0.25, 0.3) is 5.91 Å². The summed E-state index contributed by atoms with van der Waals surface area (Å²) in [5, 5.41) is 9.35. The molecular weight excluding hydrogens is 723 g/mol. The summed E-state index contributed by atoms with van der Waals surface area (Å²) in [6.45, 7) is 8.03. The maximum Gasteiger partial charge on any atom is 0.408 e. The number of hydrogen-bond donors (Lipinski definition) is 3. The first kappa shape index (κ1) is 40.2. The highest BCUT2D eigenvalue weighted by Gasteiger charge is 2.39. The van der Waals surface area contributed by atoms with Crippen molar-refractivity contribution in [1.29, 1.82) is 0 Å². The summed E-state index contributed by atoms with van der Waals surface area (Å²) in [6.07, 6.45) is 1.36. The first-order chi connectivity index (χ1) is 27.4. The number of benzene rings is 4. The molecule has 1 aliphatic rings. The van der Waals surface area contributed by atoms with Crippen LogP contribution in [0.3, 0.4) is 0 Å². The van der Waals surface area contributed by atoms with Crippen LogP contribution in [-0.4, -0.2) is 70.8 Å². The molecule has 0 aliphatic carbocycles. The van der Waals surface area contributed by atoms with E-state index in [-0.39, 0.29) is 30.7 Å². The van der Waals surface area contributed by atoms with Crippen LogP contribution in [0.15, 0.2) is 114 Å². The van der Waals surface area contributed by atoms with Gasteiger partial charge >= 0.3 is 6.09 Å². The summed E-state index contributed by atoms with van der Waals surface area (Å²) in [6, 6.07) is 31.1. The standard InChI is InChI=1S/C45H49N5O7/c1-5-24-49(40(52)26-30-13-8-6-9-14-30)29-39(51)46-34-20-18-31(19-21-34)38-28-33-27-35(22-23-37(33)56-38)47-42(53)36-17-12-25-50(36)43(54)41(32-15-10-7-11-16-32)48-44(55)57-45(2,3)4/h6-11,13-16,18-23,27-28,36,41H,5,12,17,24-26,29H2,1-4H3,(H,46,51)(H,47,53)(H,48,55)/t36-,41+/m0/s1. The Hall–Kier alpha value is -6.43. The number of rotatable bonds is 13. The number of alkyl carbamates (subject to hydrolysis) is 1. The Balaban J connectivity index is 1.08. The van der Waals surface area contributed by atoms with E-state index in [1.165, 1.54) is 4.90 Å². The fourth-order valence-electron chi connectivity index (χ4n) is 6.85. The number of carbonyl (C=O) groups is 5. The number of hydrogen-bond acceptors (Lipinski definition) is 7. The zero-order valence-corrected chi connectivity index (χ0v) is 32.7. The second-order valence-electron chi connectivity index (χ2n) is 15.1. The number of likely N-dealkylation sites (tertiary alicyclic amines) is 1. The third-order valence-corrected chi connectivity index (χ3v) is 9.50. The molecule has 4 aromatic carbocycles. The minimum absolute atomic E-state index is 0.0434. The van der Waals surface area contributed by atoms with Crippen molar-refractivity contribution in [2.45, 2.75) is 71.1 Å². The normalized spacial score (nSPS) is 14.5. The van der Waals surface area contributed by atoms with Gasteiger partial charge in [-0.3, -0.25) is 19.2 Å². The molecule has 6 rings (SSSR count). The number of ether oxygens (including phenoxy) is 1. The molecule has 3 N–H and O–H groups in total. The van der Waals surface area contributed by atoms with Crippen molar-refractivity contribution >= 4 is 52.1 Å². The zero-order chi connectivity index (χ0) is 40.5. The Bertz CT molecular complexity index is 2200. The molecule has 1 aromatic heterocycles. The Labute approximate surface area is 332 Å². The molecule has 2 atom stereocenters. The van der Waals surface area contributed by atoms with Gasteiger partial charge in [-0.2, -0.15) is 0 Å². The first-order valence-electron chi connectivity index (χ1n) is 19.3. The van der Waals surface area contributed by atoms with Gasteiger partial charge in [0.05, 0.1) is 13.0 Å². The average Bonchev–Trinajstić information content (AvgIpc) is 3.85. The molecular formula is C45H49N5O7. The van der Waals surface area contributed by atoms with E-state index >= 15 is 0 Å². The monoisotopic (exact) mass is 771 g/mol. The Kier molecular flexibility index (Phi) is 12.7. The minimum Gasteiger partial charge on any atom is -0.456 e. The number of carbonyl (C=O) groups excluding carboxylic acids is 5. The molecule has 1 saturated heterocycles. The highest BCUT2D eigenvalue weighted by atomic mass is 16.6. The van der Waals surface area contributed by atoms with Crippen LogP contribution in [0.25, 0.3) is 22.3 Å². The molecule has 2 heterocycles. The minimum atomic E-state index is -1.03. The molecule has 5 aromatic rings. The lowest BCUT2D eigenvalue weighted by Crippen LogP contribution is -2.49. The van der Waals surface area contributed by atoms with E-state index in [9.17, 15) is 24.0 Å². The molecule has 12 heteroatoms. The van der Waals surface area contributed by atoms with Crippen LogP contribution in [0.4, 0.5) is 16.2 Å². The van der Waals surface area contributed by atoms with Crippen LogP contribution in [0.5, 0.6) is 0 Å². The van der Waals surface area contributed by atoms with Crippen LogP contribution >= 0.6 is 0 Å². The molecule has 296 valence electrons. The largest absolute Gasteiger partial charge is 0.456 e. The number of nitrogens with one attached hydrogen (secondary N) is 3. The van der Waals surface area contributed by atoms with Gasteiger partial charge in [-0.05, 0) is 99.7 Å².